The fourth-order valence-electron chi connectivity index (χ4n) is 3.37. The molecule has 12 nitrogen and oxygen atoms in total. The predicted octanol–water partition coefficient (Wildman–Crippen LogP) is -3.39. The first-order chi connectivity index (χ1) is 13.2. The monoisotopic (exact) mass is 409 g/mol. The van der Waals surface area contributed by atoms with Crippen molar-refractivity contribution in [3.8, 4) is 0 Å². The van der Waals surface area contributed by atoms with Crippen LogP contribution in [0.4, 0.5) is 0 Å². The van der Waals surface area contributed by atoms with Crippen molar-refractivity contribution in [1.82, 2.24) is 5.32 Å². The van der Waals surface area contributed by atoms with E-state index < -0.39 is 73.9 Å². The van der Waals surface area contributed by atoms with Gasteiger partial charge in [0.2, 0.25) is 12.2 Å². The normalized spacial score (nSPS) is 44.0. The number of rotatable bonds is 7. The van der Waals surface area contributed by atoms with E-state index in [0.717, 1.165) is 0 Å². The summed E-state index contributed by atoms with van der Waals surface area (Å²) in [6.45, 7) is 2.45. The highest BCUT2D eigenvalue weighted by atomic mass is 16.8. The number of hydrogen-bond acceptors (Lipinski definition) is 11. The molecule has 0 aromatic heterocycles. The largest absolute Gasteiger partial charge is 0.435 e. The Labute approximate surface area is 161 Å². The molecule has 0 saturated carbocycles. The first-order valence-electron chi connectivity index (χ1n) is 8.75. The van der Waals surface area contributed by atoms with Crippen LogP contribution in [0.15, 0.2) is 0 Å². The van der Waals surface area contributed by atoms with Crippen molar-refractivity contribution >= 4 is 12.4 Å². The van der Waals surface area contributed by atoms with Crippen LogP contribution in [-0.2, 0) is 33.3 Å². The summed E-state index contributed by atoms with van der Waals surface area (Å²) in [6, 6.07) is -0.853. The van der Waals surface area contributed by atoms with Crippen LogP contribution in [0.25, 0.3) is 0 Å². The van der Waals surface area contributed by atoms with Crippen molar-refractivity contribution in [2.24, 2.45) is 0 Å². The molecule has 12 heteroatoms. The van der Waals surface area contributed by atoms with Crippen LogP contribution < -0.4 is 5.32 Å². The number of ether oxygens (including phenoxy) is 5. The van der Waals surface area contributed by atoms with Crippen LogP contribution in [0.1, 0.15) is 13.8 Å². The number of nitrogens with one attached hydrogen (secondary N) is 1. The highest BCUT2D eigenvalue weighted by Crippen LogP contribution is 2.30. The van der Waals surface area contributed by atoms with Gasteiger partial charge in [0.05, 0.1) is 18.8 Å². The molecule has 2 aliphatic rings. The van der Waals surface area contributed by atoms with Crippen molar-refractivity contribution < 1.29 is 53.7 Å². The Bertz CT molecular complexity index is 535. The SMILES string of the molecule is CO[C@@H]1C(OC=O)O[C@@H](OC2[C@@H](O)C(CO)O[C@@H](C)[C@H]2NC(C)=O)[C@@H](O)C1O. The lowest BCUT2D eigenvalue weighted by Gasteiger charge is -2.47. The maximum absolute atomic E-state index is 11.5. The molecule has 4 unspecified atom stereocenters. The summed E-state index contributed by atoms with van der Waals surface area (Å²) in [7, 11) is 1.23. The van der Waals surface area contributed by atoms with Gasteiger partial charge in [0.15, 0.2) is 6.29 Å². The molecule has 1 amide bonds. The van der Waals surface area contributed by atoms with E-state index in [1.165, 1.54) is 14.0 Å². The minimum absolute atomic E-state index is 0.0887. The highest BCUT2D eigenvalue weighted by Gasteiger charge is 2.51. The second-order valence-corrected chi connectivity index (χ2v) is 6.67. The first kappa shape index (κ1) is 22.9. The van der Waals surface area contributed by atoms with Gasteiger partial charge in [-0.15, -0.1) is 0 Å². The molecular weight excluding hydrogens is 382 g/mol. The minimum Gasteiger partial charge on any atom is -0.435 e. The van der Waals surface area contributed by atoms with Gasteiger partial charge >= 0.3 is 0 Å². The second-order valence-electron chi connectivity index (χ2n) is 6.67. The smallest absolute Gasteiger partial charge is 0.295 e. The van der Waals surface area contributed by atoms with Gasteiger partial charge in [0.25, 0.3) is 6.47 Å². The summed E-state index contributed by atoms with van der Waals surface area (Å²) in [5.41, 5.74) is 0. The van der Waals surface area contributed by atoms with Crippen molar-refractivity contribution in [3.05, 3.63) is 0 Å². The van der Waals surface area contributed by atoms with Crippen molar-refractivity contribution in [3.63, 3.8) is 0 Å². The van der Waals surface area contributed by atoms with Crippen molar-refractivity contribution in [1.29, 1.82) is 0 Å². The fraction of sp³-hybridized carbons (Fsp3) is 0.875. The maximum atomic E-state index is 11.5. The van der Waals surface area contributed by atoms with E-state index in [9.17, 15) is 30.0 Å². The van der Waals surface area contributed by atoms with Gasteiger partial charge in [-0.3, -0.25) is 9.59 Å². The molecule has 2 aliphatic heterocycles. The molecule has 2 saturated heterocycles. The quantitative estimate of drug-likeness (QED) is 0.265. The third-order valence-corrected chi connectivity index (χ3v) is 4.77. The van der Waals surface area contributed by atoms with Crippen LogP contribution in [0.2, 0.25) is 0 Å². The fourth-order valence-corrected chi connectivity index (χ4v) is 3.37. The number of carbonyl (C=O) groups is 2. The van der Waals surface area contributed by atoms with Crippen LogP contribution in [0.3, 0.4) is 0 Å². The average molecular weight is 409 g/mol. The zero-order valence-electron chi connectivity index (χ0n) is 15.7. The molecule has 2 heterocycles. The zero-order chi connectivity index (χ0) is 21.0. The minimum atomic E-state index is -1.62. The van der Waals surface area contributed by atoms with E-state index in [-0.39, 0.29) is 6.47 Å². The summed E-state index contributed by atoms with van der Waals surface area (Å²) < 4.78 is 26.3. The molecule has 2 rings (SSSR count). The van der Waals surface area contributed by atoms with E-state index >= 15 is 0 Å². The average Bonchev–Trinajstić information content (AvgIpc) is 2.64. The van der Waals surface area contributed by atoms with Crippen molar-refractivity contribution in [2.45, 2.75) is 75.2 Å². The number of hydrogen-bond donors (Lipinski definition) is 5. The Balaban J connectivity index is 2.24. The number of aliphatic hydroxyl groups excluding tert-OH is 4. The molecule has 10 atom stereocenters. The third kappa shape index (κ3) is 4.78. The number of methoxy groups -OCH3 is 1. The first-order valence-corrected chi connectivity index (χ1v) is 8.75. The van der Waals surface area contributed by atoms with E-state index in [0.29, 0.717) is 0 Å². The van der Waals surface area contributed by atoms with Crippen LogP contribution >= 0.6 is 0 Å². The van der Waals surface area contributed by atoms with Gasteiger partial charge in [-0.2, -0.15) is 0 Å². The predicted molar refractivity (Wildman–Crippen MR) is 88.5 cm³/mol. The van der Waals surface area contributed by atoms with E-state index in [1.54, 1.807) is 6.92 Å². The summed E-state index contributed by atoms with van der Waals surface area (Å²) in [5, 5.41) is 43.1. The molecule has 0 aliphatic carbocycles. The number of amides is 1. The number of aliphatic hydroxyl groups is 4. The summed E-state index contributed by atoms with van der Waals surface area (Å²) in [6.07, 6.45) is -11.5. The van der Waals surface area contributed by atoms with Gasteiger partial charge in [0.1, 0.15) is 36.6 Å². The van der Waals surface area contributed by atoms with Crippen LogP contribution in [0.5, 0.6) is 0 Å². The van der Waals surface area contributed by atoms with E-state index in [1.807, 2.05) is 0 Å². The van der Waals surface area contributed by atoms with Crippen LogP contribution in [0, 0.1) is 0 Å². The second kappa shape index (κ2) is 9.89. The van der Waals surface area contributed by atoms with Crippen molar-refractivity contribution in [2.75, 3.05) is 13.7 Å². The molecule has 0 radical (unpaired) electrons. The summed E-state index contributed by atoms with van der Waals surface area (Å²) in [5.74, 6) is -0.421. The Hall–Kier alpha value is -1.38. The van der Waals surface area contributed by atoms with Gasteiger partial charge in [-0.1, -0.05) is 0 Å². The van der Waals surface area contributed by atoms with E-state index in [4.69, 9.17) is 23.7 Å². The van der Waals surface area contributed by atoms with E-state index in [2.05, 4.69) is 5.32 Å². The third-order valence-electron chi connectivity index (χ3n) is 4.77. The molecule has 0 bridgehead atoms. The van der Waals surface area contributed by atoms with Gasteiger partial charge in [0, 0.05) is 14.0 Å². The maximum Gasteiger partial charge on any atom is 0.295 e. The number of carbonyl (C=O) groups excluding carboxylic acids is 2. The molecular formula is C16H27NO11. The Morgan fingerprint density at radius 3 is 2.32 bits per heavy atom. The summed E-state index contributed by atoms with van der Waals surface area (Å²) >= 11 is 0. The Kier molecular flexibility index (Phi) is 8.09. The molecule has 28 heavy (non-hydrogen) atoms. The topological polar surface area (TPSA) is 173 Å². The lowest BCUT2D eigenvalue weighted by Crippen LogP contribution is -2.67. The Morgan fingerprint density at radius 2 is 1.79 bits per heavy atom. The van der Waals surface area contributed by atoms with Gasteiger partial charge < -0.3 is 49.4 Å². The zero-order valence-corrected chi connectivity index (χ0v) is 15.7. The molecule has 5 N–H and O–H groups in total. The molecule has 0 aromatic carbocycles. The lowest BCUT2D eigenvalue weighted by atomic mass is 9.92. The molecule has 0 spiro atoms. The Morgan fingerprint density at radius 1 is 1.11 bits per heavy atom. The standard InChI is InChI=1S/C16H27NO11/c1-6-9(17-7(2)20)13(10(21)8(4-18)26-6)27-15-12(23)11(22)14(24-3)16(28-15)25-5-19/h5-6,8-16,18,21-23H,4H2,1-3H3,(H,17,20)/t6-,8?,9+,10-,11?,12-,13?,14-,15+,16?/m0/s1. The molecule has 162 valence electrons. The highest BCUT2D eigenvalue weighted by molar-refractivity contribution is 5.73. The van der Waals surface area contributed by atoms with Gasteiger partial charge in [-0.25, -0.2) is 0 Å². The van der Waals surface area contributed by atoms with Gasteiger partial charge in [-0.05, 0) is 6.92 Å². The summed E-state index contributed by atoms with van der Waals surface area (Å²) in [4.78, 5) is 22.2. The molecule has 0 aromatic rings. The molecule has 2 fully saturated rings. The van der Waals surface area contributed by atoms with Crippen LogP contribution in [-0.4, -0.2) is 108 Å². The lowest BCUT2D eigenvalue weighted by molar-refractivity contribution is -0.362.